The molecule has 0 atom stereocenters. The normalized spacial score (nSPS) is 10.6. The molecule has 0 radical (unpaired) electrons. The van der Waals surface area contributed by atoms with Crippen LogP contribution in [0.15, 0.2) is 24.4 Å². The van der Waals surface area contributed by atoms with E-state index in [-0.39, 0.29) is 10.8 Å². The Labute approximate surface area is 78.6 Å². The van der Waals surface area contributed by atoms with Gasteiger partial charge in [0.05, 0.1) is 16.7 Å². The van der Waals surface area contributed by atoms with Gasteiger partial charge in [0.15, 0.2) is 0 Å². The Morgan fingerprint density at radius 1 is 1.31 bits per heavy atom. The number of nitrogens with zero attached hydrogens (tertiary/aromatic N) is 1. The average molecular weight is 198 g/mol. The van der Waals surface area contributed by atoms with E-state index in [0.717, 1.165) is 0 Å². The Kier molecular flexibility index (Phi) is 1.81. The Morgan fingerprint density at radius 3 is 2.85 bits per heavy atom. The fraction of sp³-hybridized carbons (Fsp3) is 0. The molecule has 2 aromatic rings. The zero-order valence-corrected chi connectivity index (χ0v) is 7.22. The van der Waals surface area contributed by atoms with Crippen molar-refractivity contribution in [3.63, 3.8) is 0 Å². The van der Waals surface area contributed by atoms with E-state index < -0.39 is 5.82 Å². The molecule has 1 aromatic heterocycles. The molecule has 0 aliphatic heterocycles. The quantitative estimate of drug-likeness (QED) is 0.705. The van der Waals surface area contributed by atoms with Crippen LogP contribution in [0.1, 0.15) is 0 Å². The van der Waals surface area contributed by atoms with Crippen molar-refractivity contribution < 1.29 is 9.50 Å². The molecule has 1 N–H and O–H groups in total. The molecule has 0 fully saturated rings. The van der Waals surface area contributed by atoms with E-state index in [1.54, 1.807) is 0 Å². The first-order valence-corrected chi connectivity index (χ1v) is 3.98. The highest BCUT2D eigenvalue weighted by atomic mass is 35.5. The van der Waals surface area contributed by atoms with Crippen LogP contribution in [0.5, 0.6) is 5.75 Å². The van der Waals surface area contributed by atoms with E-state index in [4.69, 9.17) is 16.7 Å². The van der Waals surface area contributed by atoms with Gasteiger partial charge in [-0.25, -0.2) is 4.39 Å². The molecule has 2 nitrogen and oxygen atoms in total. The Hall–Kier alpha value is -1.35. The second kappa shape index (κ2) is 2.85. The molecule has 4 heteroatoms. The fourth-order valence-electron chi connectivity index (χ4n) is 1.11. The summed E-state index contributed by atoms with van der Waals surface area (Å²) in [4.78, 5) is 3.83. The average Bonchev–Trinajstić information content (AvgIpc) is 2.08. The molecule has 0 spiro atoms. The highest BCUT2D eigenvalue weighted by Crippen LogP contribution is 2.23. The van der Waals surface area contributed by atoms with E-state index in [2.05, 4.69) is 4.98 Å². The number of hydrogen-bond donors (Lipinski definition) is 1. The van der Waals surface area contributed by atoms with Gasteiger partial charge in [-0.3, -0.25) is 4.98 Å². The predicted octanol–water partition coefficient (Wildman–Crippen LogP) is 2.73. The summed E-state index contributed by atoms with van der Waals surface area (Å²) in [6, 6.07) is 4.14. The largest absolute Gasteiger partial charge is 0.506 e. The number of halogens is 2. The summed E-state index contributed by atoms with van der Waals surface area (Å²) in [5.41, 5.74) is 0.472. The third-order valence-electron chi connectivity index (χ3n) is 1.71. The van der Waals surface area contributed by atoms with Crippen LogP contribution in [0.25, 0.3) is 10.9 Å². The number of aromatic hydroxyl groups is 1. The van der Waals surface area contributed by atoms with Crippen LogP contribution in [0.2, 0.25) is 5.02 Å². The number of pyridine rings is 1. The molecule has 0 bridgehead atoms. The first kappa shape index (κ1) is 8.26. The molecule has 0 unspecified atom stereocenters. The molecular weight excluding hydrogens is 193 g/mol. The topological polar surface area (TPSA) is 33.1 Å². The monoisotopic (exact) mass is 197 g/mol. The van der Waals surface area contributed by atoms with Crippen molar-refractivity contribution in [2.45, 2.75) is 0 Å². The lowest BCUT2D eigenvalue weighted by molar-refractivity contribution is 0.474. The van der Waals surface area contributed by atoms with Crippen LogP contribution < -0.4 is 0 Å². The SMILES string of the molecule is Oc1cnc2cc(F)c(Cl)cc2c1. The first-order valence-electron chi connectivity index (χ1n) is 3.60. The van der Waals surface area contributed by atoms with Gasteiger partial charge in [0.1, 0.15) is 11.6 Å². The lowest BCUT2D eigenvalue weighted by atomic mass is 10.2. The van der Waals surface area contributed by atoms with Crippen LogP contribution in [0.4, 0.5) is 4.39 Å². The van der Waals surface area contributed by atoms with Crippen LogP contribution >= 0.6 is 11.6 Å². The molecule has 0 saturated carbocycles. The lowest BCUT2D eigenvalue weighted by Gasteiger charge is -1.99. The number of fused-ring (bicyclic) bond motifs is 1. The number of aromatic nitrogens is 1. The Bertz CT molecular complexity index is 472. The van der Waals surface area contributed by atoms with Gasteiger partial charge in [0.25, 0.3) is 0 Å². The minimum atomic E-state index is -0.507. The van der Waals surface area contributed by atoms with Gasteiger partial charge in [-0.2, -0.15) is 0 Å². The van der Waals surface area contributed by atoms with Gasteiger partial charge in [0.2, 0.25) is 0 Å². The van der Waals surface area contributed by atoms with Crippen LogP contribution in [0.3, 0.4) is 0 Å². The molecule has 1 aromatic carbocycles. The molecule has 0 amide bonds. The van der Waals surface area contributed by atoms with E-state index >= 15 is 0 Å². The second-order valence-electron chi connectivity index (χ2n) is 2.65. The lowest BCUT2D eigenvalue weighted by Crippen LogP contribution is -1.82. The van der Waals surface area contributed by atoms with Gasteiger partial charge < -0.3 is 5.11 Å². The van der Waals surface area contributed by atoms with E-state index in [1.165, 1.54) is 24.4 Å². The van der Waals surface area contributed by atoms with E-state index in [9.17, 15) is 4.39 Å². The highest BCUT2D eigenvalue weighted by Gasteiger charge is 2.03. The smallest absolute Gasteiger partial charge is 0.143 e. The maximum absolute atomic E-state index is 12.9. The summed E-state index contributed by atoms with van der Waals surface area (Å²) in [5.74, 6) is -0.470. The van der Waals surface area contributed by atoms with E-state index in [0.29, 0.717) is 10.9 Å². The standard InChI is InChI=1S/C9H5ClFNO/c10-7-2-5-1-6(13)4-12-9(5)3-8(7)11/h1-4,13H. The number of rotatable bonds is 0. The molecule has 0 aliphatic carbocycles. The van der Waals surface area contributed by atoms with Crippen molar-refractivity contribution in [3.8, 4) is 5.75 Å². The maximum Gasteiger partial charge on any atom is 0.143 e. The van der Waals surface area contributed by atoms with Crippen molar-refractivity contribution >= 4 is 22.5 Å². The summed E-state index contributed by atoms with van der Waals surface area (Å²) >= 11 is 5.56. The zero-order valence-electron chi connectivity index (χ0n) is 6.46. The summed E-state index contributed by atoms with van der Waals surface area (Å²) < 4.78 is 12.9. The molecule has 0 aliphatic rings. The van der Waals surface area contributed by atoms with Crippen molar-refractivity contribution in [1.82, 2.24) is 4.98 Å². The molecule has 66 valence electrons. The van der Waals surface area contributed by atoms with Gasteiger partial charge in [-0.1, -0.05) is 11.6 Å². The summed E-state index contributed by atoms with van der Waals surface area (Å²) in [5, 5.41) is 9.74. The van der Waals surface area contributed by atoms with Gasteiger partial charge in [-0.05, 0) is 12.1 Å². The van der Waals surface area contributed by atoms with Gasteiger partial charge in [0, 0.05) is 11.5 Å². The summed E-state index contributed by atoms with van der Waals surface area (Å²) in [6.07, 6.45) is 1.26. The van der Waals surface area contributed by atoms with Crippen molar-refractivity contribution in [3.05, 3.63) is 35.2 Å². The third-order valence-corrected chi connectivity index (χ3v) is 2.00. The predicted molar refractivity (Wildman–Crippen MR) is 48.4 cm³/mol. The van der Waals surface area contributed by atoms with Crippen LogP contribution in [0, 0.1) is 5.82 Å². The Balaban J connectivity index is 2.81. The molecule has 0 saturated heterocycles. The zero-order chi connectivity index (χ0) is 9.42. The fourth-order valence-corrected chi connectivity index (χ4v) is 1.28. The third kappa shape index (κ3) is 1.42. The van der Waals surface area contributed by atoms with Crippen molar-refractivity contribution in [2.24, 2.45) is 0 Å². The molecule has 2 rings (SSSR count). The van der Waals surface area contributed by atoms with Crippen LogP contribution in [-0.2, 0) is 0 Å². The minimum Gasteiger partial charge on any atom is -0.506 e. The first-order chi connectivity index (χ1) is 6.16. The summed E-state index contributed by atoms with van der Waals surface area (Å²) in [7, 11) is 0. The van der Waals surface area contributed by atoms with Gasteiger partial charge in [-0.15, -0.1) is 0 Å². The Morgan fingerprint density at radius 2 is 2.08 bits per heavy atom. The summed E-state index contributed by atoms with van der Waals surface area (Å²) in [6.45, 7) is 0. The molecule has 1 heterocycles. The number of benzene rings is 1. The highest BCUT2D eigenvalue weighted by molar-refractivity contribution is 6.31. The van der Waals surface area contributed by atoms with E-state index in [1.807, 2.05) is 0 Å². The van der Waals surface area contributed by atoms with Crippen molar-refractivity contribution in [2.75, 3.05) is 0 Å². The molecule has 13 heavy (non-hydrogen) atoms. The minimum absolute atomic E-state index is 0.0277. The van der Waals surface area contributed by atoms with Crippen LogP contribution in [-0.4, -0.2) is 10.1 Å². The maximum atomic E-state index is 12.9. The second-order valence-corrected chi connectivity index (χ2v) is 3.06. The van der Waals surface area contributed by atoms with Gasteiger partial charge >= 0.3 is 0 Å². The number of hydrogen-bond acceptors (Lipinski definition) is 2. The molecular formula is C9H5ClFNO. The van der Waals surface area contributed by atoms with Crippen molar-refractivity contribution in [1.29, 1.82) is 0 Å².